The first-order chi connectivity index (χ1) is 7.75. The van der Waals surface area contributed by atoms with E-state index >= 15 is 0 Å². The largest absolute Gasteiger partial charge is 0.480 e. The molecule has 0 atom stereocenters. The highest BCUT2D eigenvalue weighted by Gasteiger charge is 2.35. The van der Waals surface area contributed by atoms with Crippen LogP contribution in [0.2, 0.25) is 0 Å². The molecule has 0 aromatic carbocycles. The molecule has 0 radical (unpaired) electrons. The van der Waals surface area contributed by atoms with Gasteiger partial charge >= 0.3 is 6.18 Å². The van der Waals surface area contributed by atoms with Gasteiger partial charge in [-0.3, -0.25) is 10.1 Å². The van der Waals surface area contributed by atoms with E-state index in [1.165, 1.54) is 7.11 Å². The van der Waals surface area contributed by atoms with Crippen molar-refractivity contribution in [3.63, 3.8) is 0 Å². The van der Waals surface area contributed by atoms with Gasteiger partial charge in [0.15, 0.2) is 5.69 Å². The van der Waals surface area contributed by atoms with E-state index in [9.17, 15) is 13.2 Å². The van der Waals surface area contributed by atoms with Crippen molar-refractivity contribution in [1.82, 2.24) is 9.78 Å². The fourth-order valence-corrected chi connectivity index (χ4v) is 1.33. The molecule has 7 heteroatoms. The lowest BCUT2D eigenvalue weighted by Crippen LogP contribution is -2.15. The summed E-state index contributed by atoms with van der Waals surface area (Å²) in [4.78, 5) is 0. The number of nitrogens with one attached hydrogen (secondary N) is 1. The zero-order chi connectivity index (χ0) is 13.2. The minimum atomic E-state index is -4.51. The Morgan fingerprint density at radius 3 is 2.53 bits per heavy atom. The number of nitrogens with zero attached hydrogens (tertiary/aromatic N) is 2. The van der Waals surface area contributed by atoms with Crippen LogP contribution in [0.25, 0.3) is 0 Å². The Hall–Kier alpha value is -1.53. The Morgan fingerprint density at radius 2 is 2.12 bits per heavy atom. The Morgan fingerprint density at radius 1 is 1.53 bits per heavy atom. The molecule has 0 aliphatic heterocycles. The third-order valence-corrected chi connectivity index (χ3v) is 2.05. The van der Waals surface area contributed by atoms with E-state index in [2.05, 4.69) is 9.84 Å². The van der Waals surface area contributed by atoms with Crippen molar-refractivity contribution in [2.24, 2.45) is 5.92 Å². The van der Waals surface area contributed by atoms with Gasteiger partial charge in [-0.2, -0.15) is 18.3 Å². The fraction of sp³-hybridized carbons (Fsp3) is 0.600. The molecule has 0 unspecified atom stereocenters. The van der Waals surface area contributed by atoms with E-state index in [0.29, 0.717) is 6.54 Å². The van der Waals surface area contributed by atoms with E-state index in [-0.39, 0.29) is 17.5 Å². The maximum atomic E-state index is 12.5. The predicted molar refractivity (Wildman–Crippen MR) is 55.9 cm³/mol. The van der Waals surface area contributed by atoms with E-state index in [1.807, 2.05) is 13.8 Å². The maximum absolute atomic E-state index is 12.5. The van der Waals surface area contributed by atoms with E-state index < -0.39 is 11.9 Å². The summed E-state index contributed by atoms with van der Waals surface area (Å²) in [5, 5.41) is 10.9. The molecule has 0 saturated heterocycles. The molecule has 1 rings (SSSR count). The summed E-state index contributed by atoms with van der Waals surface area (Å²) in [7, 11) is 1.24. The number of hydrogen-bond donors (Lipinski definition) is 1. The van der Waals surface area contributed by atoms with Gasteiger partial charge in [0.2, 0.25) is 5.90 Å². The number of hydrogen-bond acceptors (Lipinski definition) is 3. The normalized spacial score (nSPS) is 11.9. The standard InChI is InChI=1S/C10H14F3N3O/c1-6(2)5-16-7(9(14)17-3)4-8(15-16)10(11,12)13/h4,6,14H,5H2,1-3H3. The molecule has 0 aliphatic carbocycles. The third-order valence-electron chi connectivity index (χ3n) is 2.05. The molecule has 1 heterocycles. The Balaban J connectivity index is 3.16. The highest BCUT2D eigenvalue weighted by molar-refractivity contribution is 5.89. The monoisotopic (exact) mass is 249 g/mol. The lowest BCUT2D eigenvalue weighted by atomic mass is 10.2. The third kappa shape index (κ3) is 3.21. The minimum Gasteiger partial charge on any atom is -0.480 e. The van der Waals surface area contributed by atoms with Gasteiger partial charge in [0.1, 0.15) is 5.69 Å². The first kappa shape index (κ1) is 13.5. The molecule has 0 amide bonds. The van der Waals surface area contributed by atoms with Crippen LogP contribution in [-0.4, -0.2) is 22.8 Å². The van der Waals surface area contributed by atoms with Crippen LogP contribution in [0.5, 0.6) is 0 Å². The van der Waals surface area contributed by atoms with Crippen molar-refractivity contribution in [1.29, 1.82) is 5.41 Å². The SMILES string of the molecule is COC(=N)c1cc(C(F)(F)F)nn1CC(C)C. The lowest BCUT2D eigenvalue weighted by Gasteiger charge is -2.09. The number of methoxy groups -OCH3 is 1. The molecule has 0 aliphatic rings. The molecule has 0 spiro atoms. The fourth-order valence-electron chi connectivity index (χ4n) is 1.33. The van der Waals surface area contributed by atoms with Crippen LogP contribution in [0.1, 0.15) is 25.2 Å². The second-order valence-corrected chi connectivity index (χ2v) is 4.02. The molecule has 1 aromatic rings. The minimum absolute atomic E-state index is 0.0357. The van der Waals surface area contributed by atoms with Gasteiger partial charge in [-0.25, -0.2) is 0 Å². The summed E-state index contributed by atoms with van der Waals surface area (Å²) >= 11 is 0. The second-order valence-electron chi connectivity index (χ2n) is 4.02. The topological polar surface area (TPSA) is 50.9 Å². The maximum Gasteiger partial charge on any atom is 0.435 e. The van der Waals surface area contributed by atoms with E-state index in [1.54, 1.807) is 0 Å². The molecule has 0 saturated carbocycles. The van der Waals surface area contributed by atoms with Crippen LogP contribution < -0.4 is 0 Å². The van der Waals surface area contributed by atoms with Crippen LogP contribution >= 0.6 is 0 Å². The van der Waals surface area contributed by atoms with Crippen molar-refractivity contribution in [2.45, 2.75) is 26.6 Å². The quantitative estimate of drug-likeness (QED) is 0.661. The van der Waals surface area contributed by atoms with Crippen LogP contribution in [0, 0.1) is 11.3 Å². The average Bonchev–Trinajstić information content (AvgIpc) is 2.59. The Labute approximate surface area is 96.9 Å². The predicted octanol–water partition coefficient (Wildman–Crippen LogP) is 2.53. The summed E-state index contributed by atoms with van der Waals surface area (Å²) < 4.78 is 43.3. The van der Waals surface area contributed by atoms with Crippen LogP contribution in [0.15, 0.2) is 6.07 Å². The summed E-state index contributed by atoms with van der Waals surface area (Å²) in [6, 6.07) is 0.828. The molecule has 17 heavy (non-hydrogen) atoms. The number of rotatable bonds is 3. The lowest BCUT2D eigenvalue weighted by molar-refractivity contribution is -0.141. The van der Waals surface area contributed by atoms with Gasteiger partial charge in [0.05, 0.1) is 7.11 Å². The van der Waals surface area contributed by atoms with Crippen LogP contribution in [0.3, 0.4) is 0 Å². The van der Waals surface area contributed by atoms with Crippen molar-refractivity contribution in [2.75, 3.05) is 7.11 Å². The molecule has 96 valence electrons. The number of aromatic nitrogens is 2. The average molecular weight is 249 g/mol. The summed E-state index contributed by atoms with van der Waals surface area (Å²) in [6.07, 6.45) is -4.51. The van der Waals surface area contributed by atoms with Crippen LogP contribution in [-0.2, 0) is 17.5 Å². The Kier molecular flexibility index (Phi) is 3.79. The summed E-state index contributed by atoms with van der Waals surface area (Å²) in [5.74, 6) is -0.201. The van der Waals surface area contributed by atoms with Gasteiger partial charge < -0.3 is 4.74 Å². The molecular weight excluding hydrogens is 235 g/mol. The van der Waals surface area contributed by atoms with E-state index in [0.717, 1.165) is 10.7 Å². The Bertz CT molecular complexity index is 409. The summed E-state index contributed by atoms with van der Waals surface area (Å²) in [5.41, 5.74) is -0.969. The number of halogens is 3. The van der Waals surface area contributed by atoms with Gasteiger partial charge in [-0.05, 0) is 5.92 Å². The molecular formula is C10H14F3N3O. The van der Waals surface area contributed by atoms with Crippen LogP contribution in [0.4, 0.5) is 13.2 Å². The zero-order valence-corrected chi connectivity index (χ0v) is 9.80. The van der Waals surface area contributed by atoms with Crippen molar-refractivity contribution in [3.05, 3.63) is 17.5 Å². The van der Waals surface area contributed by atoms with Gasteiger partial charge in [0.25, 0.3) is 0 Å². The highest BCUT2D eigenvalue weighted by atomic mass is 19.4. The highest BCUT2D eigenvalue weighted by Crippen LogP contribution is 2.28. The number of alkyl halides is 3. The van der Waals surface area contributed by atoms with Crippen molar-refractivity contribution in [3.8, 4) is 0 Å². The molecule has 1 N–H and O–H groups in total. The summed E-state index contributed by atoms with van der Waals surface area (Å²) in [6.45, 7) is 4.02. The first-order valence-electron chi connectivity index (χ1n) is 5.03. The first-order valence-corrected chi connectivity index (χ1v) is 5.03. The van der Waals surface area contributed by atoms with Crippen molar-refractivity contribution >= 4 is 5.90 Å². The van der Waals surface area contributed by atoms with Gasteiger partial charge in [0, 0.05) is 12.6 Å². The zero-order valence-electron chi connectivity index (χ0n) is 9.80. The molecule has 4 nitrogen and oxygen atoms in total. The second kappa shape index (κ2) is 4.77. The van der Waals surface area contributed by atoms with E-state index in [4.69, 9.17) is 5.41 Å². The van der Waals surface area contributed by atoms with Gasteiger partial charge in [-0.1, -0.05) is 13.8 Å². The van der Waals surface area contributed by atoms with Crippen molar-refractivity contribution < 1.29 is 17.9 Å². The number of ether oxygens (including phenoxy) is 1. The molecule has 0 bridgehead atoms. The molecule has 0 fully saturated rings. The molecule has 1 aromatic heterocycles. The smallest absolute Gasteiger partial charge is 0.435 e. The van der Waals surface area contributed by atoms with Gasteiger partial charge in [-0.15, -0.1) is 0 Å².